The van der Waals surface area contributed by atoms with E-state index in [0.717, 1.165) is 4.47 Å². The number of rotatable bonds is 2. The zero-order valence-electron chi connectivity index (χ0n) is 9.00. The third kappa shape index (κ3) is 3.01. The lowest BCUT2D eigenvalue weighted by molar-refractivity contribution is 0.220. The van der Waals surface area contributed by atoms with Gasteiger partial charge >= 0.3 is 0 Å². The van der Waals surface area contributed by atoms with Crippen LogP contribution < -0.4 is 0 Å². The molecule has 2 aromatic rings. The first-order valence-corrected chi connectivity index (χ1v) is 6.99. The van der Waals surface area contributed by atoms with Crippen LogP contribution in [0.25, 0.3) is 0 Å². The summed E-state index contributed by atoms with van der Waals surface area (Å²) < 4.78 is 0.721. The molecule has 1 nitrogen and oxygen atoms in total. The zero-order chi connectivity index (χ0) is 13.3. The van der Waals surface area contributed by atoms with Gasteiger partial charge in [-0.15, -0.1) is 0 Å². The Kier molecular flexibility index (Phi) is 4.57. The second-order valence-corrected chi connectivity index (χ2v) is 5.85. The van der Waals surface area contributed by atoms with Gasteiger partial charge in [-0.05, 0) is 51.8 Å². The number of aliphatic hydroxyl groups excluding tert-OH is 1. The highest BCUT2D eigenvalue weighted by Gasteiger charge is 2.15. The number of aliphatic hydroxyl groups is 1. The number of benzene rings is 2. The Morgan fingerprint density at radius 1 is 0.944 bits per heavy atom. The molecule has 0 spiro atoms. The SMILES string of the molecule is OC(c1ccc(Cl)c(Br)c1)c1cc(Cl)ccc1Cl. The van der Waals surface area contributed by atoms with Crippen LogP contribution in [0.5, 0.6) is 0 Å². The molecule has 0 radical (unpaired) electrons. The summed E-state index contributed by atoms with van der Waals surface area (Å²) in [6.45, 7) is 0. The molecule has 1 unspecified atom stereocenters. The molecule has 1 atom stereocenters. The first-order chi connectivity index (χ1) is 8.49. The molecular weight excluding hydrogens is 358 g/mol. The van der Waals surface area contributed by atoms with E-state index in [4.69, 9.17) is 34.8 Å². The maximum atomic E-state index is 10.3. The summed E-state index contributed by atoms with van der Waals surface area (Å²) in [7, 11) is 0. The summed E-state index contributed by atoms with van der Waals surface area (Å²) in [6.07, 6.45) is -0.843. The molecule has 0 fully saturated rings. The lowest BCUT2D eigenvalue weighted by Crippen LogP contribution is -2.00. The number of hydrogen-bond acceptors (Lipinski definition) is 1. The highest BCUT2D eigenvalue weighted by atomic mass is 79.9. The predicted octanol–water partition coefficient (Wildman–Crippen LogP) is 5.49. The third-order valence-corrected chi connectivity index (χ3v) is 4.31. The fourth-order valence-corrected chi connectivity index (χ4v) is 2.50. The van der Waals surface area contributed by atoms with Gasteiger partial charge in [0.25, 0.3) is 0 Å². The summed E-state index contributed by atoms with van der Waals surface area (Å²) in [5.41, 5.74) is 1.26. The average Bonchev–Trinajstić information content (AvgIpc) is 2.35. The van der Waals surface area contributed by atoms with Gasteiger partial charge in [0.2, 0.25) is 0 Å². The van der Waals surface area contributed by atoms with Crippen LogP contribution in [0.1, 0.15) is 17.2 Å². The van der Waals surface area contributed by atoms with Gasteiger partial charge in [-0.25, -0.2) is 0 Å². The summed E-state index contributed by atoms with van der Waals surface area (Å²) in [6, 6.07) is 10.2. The van der Waals surface area contributed by atoms with Crippen LogP contribution in [0.4, 0.5) is 0 Å². The molecule has 0 aliphatic carbocycles. The van der Waals surface area contributed by atoms with Crippen molar-refractivity contribution in [3.63, 3.8) is 0 Å². The fourth-order valence-electron chi connectivity index (χ4n) is 1.59. The molecule has 0 saturated carbocycles. The predicted molar refractivity (Wildman–Crippen MR) is 79.7 cm³/mol. The van der Waals surface area contributed by atoms with Crippen molar-refractivity contribution < 1.29 is 5.11 Å². The van der Waals surface area contributed by atoms with Crippen molar-refractivity contribution in [1.29, 1.82) is 0 Å². The van der Waals surface area contributed by atoms with Crippen molar-refractivity contribution in [1.82, 2.24) is 0 Å². The first-order valence-electron chi connectivity index (χ1n) is 5.07. The fraction of sp³-hybridized carbons (Fsp3) is 0.0769. The molecule has 0 aliphatic heterocycles. The molecule has 0 heterocycles. The molecule has 1 N–H and O–H groups in total. The smallest absolute Gasteiger partial charge is 0.106 e. The van der Waals surface area contributed by atoms with Crippen LogP contribution in [-0.2, 0) is 0 Å². The largest absolute Gasteiger partial charge is 0.384 e. The molecule has 2 aromatic carbocycles. The van der Waals surface area contributed by atoms with E-state index in [1.54, 1.807) is 36.4 Å². The van der Waals surface area contributed by atoms with Crippen LogP contribution in [-0.4, -0.2) is 5.11 Å². The van der Waals surface area contributed by atoms with Gasteiger partial charge in [-0.1, -0.05) is 40.9 Å². The van der Waals surface area contributed by atoms with E-state index in [9.17, 15) is 5.11 Å². The maximum Gasteiger partial charge on any atom is 0.106 e. The molecule has 0 aromatic heterocycles. The van der Waals surface area contributed by atoms with E-state index >= 15 is 0 Å². The standard InChI is InChI=1S/C13H8BrCl3O/c14-10-5-7(1-3-12(10)17)13(18)9-6-8(15)2-4-11(9)16/h1-6,13,18H. The normalized spacial score (nSPS) is 12.5. The Balaban J connectivity index is 2.44. The van der Waals surface area contributed by atoms with Crippen molar-refractivity contribution in [2.75, 3.05) is 0 Å². The second-order valence-electron chi connectivity index (χ2n) is 3.74. The van der Waals surface area contributed by atoms with Crippen LogP contribution in [0, 0.1) is 0 Å². The molecule has 5 heteroatoms. The summed E-state index contributed by atoms with van der Waals surface area (Å²) >= 11 is 21.2. The van der Waals surface area contributed by atoms with Gasteiger partial charge in [0.1, 0.15) is 6.10 Å². The quantitative estimate of drug-likeness (QED) is 0.745. The molecule has 2 rings (SSSR count). The van der Waals surface area contributed by atoms with Gasteiger partial charge in [0.15, 0.2) is 0 Å². The minimum atomic E-state index is -0.843. The van der Waals surface area contributed by atoms with Crippen molar-refractivity contribution in [3.8, 4) is 0 Å². The second kappa shape index (κ2) is 5.81. The molecule has 0 bridgehead atoms. The van der Waals surface area contributed by atoms with E-state index < -0.39 is 6.10 Å². The molecular formula is C13H8BrCl3O. The Morgan fingerprint density at radius 2 is 1.61 bits per heavy atom. The molecule has 0 aliphatic rings. The van der Waals surface area contributed by atoms with Crippen molar-refractivity contribution in [3.05, 3.63) is 67.1 Å². The van der Waals surface area contributed by atoms with E-state index in [1.165, 1.54) is 0 Å². The molecule has 0 saturated heterocycles. The van der Waals surface area contributed by atoms with Crippen LogP contribution >= 0.6 is 50.7 Å². The lowest BCUT2D eigenvalue weighted by atomic mass is 10.0. The molecule has 0 amide bonds. The van der Waals surface area contributed by atoms with Gasteiger partial charge < -0.3 is 5.11 Å². The summed E-state index contributed by atoms with van der Waals surface area (Å²) in [4.78, 5) is 0. The monoisotopic (exact) mass is 364 g/mol. The van der Waals surface area contributed by atoms with Gasteiger partial charge in [-0.2, -0.15) is 0 Å². The summed E-state index contributed by atoms with van der Waals surface area (Å²) in [5, 5.41) is 11.9. The third-order valence-electron chi connectivity index (χ3n) is 2.51. The maximum absolute atomic E-state index is 10.3. The van der Waals surface area contributed by atoms with Gasteiger partial charge in [-0.3, -0.25) is 0 Å². The summed E-state index contributed by atoms with van der Waals surface area (Å²) in [5.74, 6) is 0. The first kappa shape index (κ1) is 14.2. The number of hydrogen-bond donors (Lipinski definition) is 1. The van der Waals surface area contributed by atoms with Crippen molar-refractivity contribution in [2.24, 2.45) is 0 Å². The van der Waals surface area contributed by atoms with Crippen LogP contribution in [0.3, 0.4) is 0 Å². The van der Waals surface area contributed by atoms with Crippen LogP contribution in [0.2, 0.25) is 15.1 Å². The topological polar surface area (TPSA) is 20.2 Å². The Bertz CT molecular complexity index is 586. The Labute approximate surface area is 128 Å². The van der Waals surface area contributed by atoms with E-state index in [2.05, 4.69) is 15.9 Å². The van der Waals surface area contributed by atoms with E-state index in [1.807, 2.05) is 0 Å². The molecule has 94 valence electrons. The van der Waals surface area contributed by atoms with Gasteiger partial charge in [0.05, 0.1) is 5.02 Å². The average molecular weight is 366 g/mol. The Hall–Kier alpha value is -0.250. The van der Waals surface area contributed by atoms with Crippen LogP contribution in [0.15, 0.2) is 40.9 Å². The van der Waals surface area contributed by atoms with Crippen molar-refractivity contribution >= 4 is 50.7 Å². The highest BCUT2D eigenvalue weighted by Crippen LogP contribution is 2.33. The van der Waals surface area contributed by atoms with E-state index in [0.29, 0.717) is 26.2 Å². The highest BCUT2D eigenvalue weighted by molar-refractivity contribution is 9.10. The van der Waals surface area contributed by atoms with Gasteiger partial charge in [0, 0.05) is 20.1 Å². The number of halogens is 4. The minimum Gasteiger partial charge on any atom is -0.384 e. The minimum absolute atomic E-state index is 0.470. The van der Waals surface area contributed by atoms with E-state index in [-0.39, 0.29) is 0 Å². The zero-order valence-corrected chi connectivity index (χ0v) is 12.9. The Morgan fingerprint density at radius 3 is 2.28 bits per heavy atom. The molecule has 18 heavy (non-hydrogen) atoms. The van der Waals surface area contributed by atoms with Crippen molar-refractivity contribution in [2.45, 2.75) is 6.10 Å². The lowest BCUT2D eigenvalue weighted by Gasteiger charge is -2.14.